The molecule has 0 saturated heterocycles. The lowest BCUT2D eigenvalue weighted by molar-refractivity contribution is -0.173. The number of nitrogens with one attached hydrogen (secondary N) is 1. The molecule has 0 saturated carbocycles. The SMILES string of the molecule is Nc1cc(C#Cc2ccccc2CNC(=O)C(F)(F)F)ccn1. The summed E-state index contributed by atoms with van der Waals surface area (Å²) in [5.41, 5.74) is 7.18. The quantitative estimate of drug-likeness (QED) is 0.834. The Morgan fingerprint density at radius 2 is 1.96 bits per heavy atom. The van der Waals surface area contributed by atoms with Crippen molar-refractivity contribution in [2.24, 2.45) is 0 Å². The molecule has 1 amide bonds. The molecule has 0 aliphatic rings. The minimum Gasteiger partial charge on any atom is -0.384 e. The zero-order valence-electron chi connectivity index (χ0n) is 11.8. The van der Waals surface area contributed by atoms with E-state index in [-0.39, 0.29) is 6.54 Å². The molecule has 4 nitrogen and oxygen atoms in total. The van der Waals surface area contributed by atoms with E-state index in [1.807, 2.05) is 5.32 Å². The summed E-state index contributed by atoms with van der Waals surface area (Å²) in [5, 5.41) is 1.82. The molecule has 118 valence electrons. The molecule has 1 heterocycles. The van der Waals surface area contributed by atoms with Crippen LogP contribution in [0.15, 0.2) is 42.6 Å². The van der Waals surface area contributed by atoms with Crippen molar-refractivity contribution in [2.75, 3.05) is 5.73 Å². The fourth-order valence-electron chi connectivity index (χ4n) is 1.74. The minimum atomic E-state index is -4.91. The molecule has 0 aliphatic heterocycles. The first-order valence-electron chi connectivity index (χ1n) is 6.53. The van der Waals surface area contributed by atoms with E-state index in [1.54, 1.807) is 36.4 Å². The first-order valence-corrected chi connectivity index (χ1v) is 6.53. The van der Waals surface area contributed by atoms with E-state index >= 15 is 0 Å². The van der Waals surface area contributed by atoms with Crippen LogP contribution in [0.3, 0.4) is 0 Å². The van der Waals surface area contributed by atoms with Crippen molar-refractivity contribution in [1.82, 2.24) is 10.3 Å². The molecule has 0 spiro atoms. The van der Waals surface area contributed by atoms with Gasteiger partial charge in [-0.1, -0.05) is 30.0 Å². The molecular weight excluding hydrogens is 307 g/mol. The third-order valence-electron chi connectivity index (χ3n) is 2.84. The van der Waals surface area contributed by atoms with Crippen LogP contribution < -0.4 is 11.1 Å². The lowest BCUT2D eigenvalue weighted by Gasteiger charge is -2.09. The fraction of sp³-hybridized carbons (Fsp3) is 0.125. The van der Waals surface area contributed by atoms with Gasteiger partial charge in [-0.2, -0.15) is 13.2 Å². The highest BCUT2D eigenvalue weighted by atomic mass is 19.4. The summed E-state index contributed by atoms with van der Waals surface area (Å²) in [5.74, 6) is 4.05. The van der Waals surface area contributed by atoms with Crippen LogP contribution >= 0.6 is 0 Å². The van der Waals surface area contributed by atoms with Gasteiger partial charge < -0.3 is 11.1 Å². The van der Waals surface area contributed by atoms with Crippen LogP contribution in [0.2, 0.25) is 0 Å². The molecule has 0 atom stereocenters. The lowest BCUT2D eigenvalue weighted by Crippen LogP contribution is -2.36. The van der Waals surface area contributed by atoms with Crippen molar-refractivity contribution >= 4 is 11.7 Å². The highest BCUT2D eigenvalue weighted by Gasteiger charge is 2.38. The standard InChI is InChI=1S/C16H12F3N3O/c17-16(18,19)15(23)22-10-13-4-2-1-3-12(13)6-5-11-7-8-21-14(20)9-11/h1-4,7-9H,10H2,(H2,20,21)(H,22,23). The summed E-state index contributed by atoms with van der Waals surface area (Å²) < 4.78 is 36.6. The Balaban J connectivity index is 2.17. The zero-order valence-corrected chi connectivity index (χ0v) is 11.8. The Hall–Kier alpha value is -3.01. The van der Waals surface area contributed by atoms with E-state index in [0.29, 0.717) is 22.5 Å². The van der Waals surface area contributed by atoms with E-state index < -0.39 is 12.1 Å². The number of hydrogen-bond donors (Lipinski definition) is 2. The van der Waals surface area contributed by atoms with Crippen LogP contribution in [0.1, 0.15) is 16.7 Å². The van der Waals surface area contributed by atoms with Crippen molar-refractivity contribution < 1.29 is 18.0 Å². The summed E-state index contributed by atoms with van der Waals surface area (Å²) in [6.45, 7) is -0.262. The summed E-state index contributed by atoms with van der Waals surface area (Å²) >= 11 is 0. The highest BCUT2D eigenvalue weighted by Crippen LogP contribution is 2.15. The van der Waals surface area contributed by atoms with Crippen molar-refractivity contribution in [1.29, 1.82) is 0 Å². The average Bonchev–Trinajstić information content (AvgIpc) is 2.50. The predicted octanol–water partition coefficient (Wildman–Crippen LogP) is 2.24. The molecule has 1 aromatic heterocycles. The second kappa shape index (κ2) is 6.83. The van der Waals surface area contributed by atoms with Gasteiger partial charge in [-0.25, -0.2) is 4.98 Å². The van der Waals surface area contributed by atoms with Crippen molar-refractivity contribution in [3.05, 3.63) is 59.3 Å². The minimum absolute atomic E-state index is 0.262. The molecule has 7 heteroatoms. The molecule has 0 aliphatic carbocycles. The largest absolute Gasteiger partial charge is 0.471 e. The van der Waals surface area contributed by atoms with E-state index in [2.05, 4.69) is 16.8 Å². The smallest absolute Gasteiger partial charge is 0.384 e. The Morgan fingerprint density at radius 1 is 1.22 bits per heavy atom. The lowest BCUT2D eigenvalue weighted by atomic mass is 10.1. The number of anilines is 1. The maximum Gasteiger partial charge on any atom is 0.471 e. The molecule has 0 unspecified atom stereocenters. The number of halogens is 3. The zero-order chi connectivity index (χ0) is 16.9. The van der Waals surface area contributed by atoms with Gasteiger partial charge in [0.1, 0.15) is 5.82 Å². The molecule has 3 N–H and O–H groups in total. The number of pyridine rings is 1. The number of hydrogen-bond acceptors (Lipinski definition) is 3. The summed E-state index contributed by atoms with van der Waals surface area (Å²) in [6, 6.07) is 9.87. The normalized spacial score (nSPS) is 10.6. The number of nitrogens with two attached hydrogens (primary N) is 1. The van der Waals surface area contributed by atoms with Gasteiger partial charge in [0.05, 0.1) is 0 Å². The van der Waals surface area contributed by atoms with Gasteiger partial charge in [0.2, 0.25) is 0 Å². The molecular formula is C16H12F3N3O. The van der Waals surface area contributed by atoms with Gasteiger partial charge in [0.15, 0.2) is 0 Å². The van der Waals surface area contributed by atoms with Gasteiger partial charge in [-0.15, -0.1) is 0 Å². The molecule has 2 aromatic rings. The Bertz CT molecular complexity index is 776. The van der Waals surface area contributed by atoms with Crippen LogP contribution in [0, 0.1) is 11.8 Å². The molecule has 1 aromatic carbocycles. The van der Waals surface area contributed by atoms with Crippen molar-refractivity contribution in [3.63, 3.8) is 0 Å². The van der Waals surface area contributed by atoms with Crippen LogP contribution in [-0.4, -0.2) is 17.1 Å². The van der Waals surface area contributed by atoms with Crippen LogP contribution in [-0.2, 0) is 11.3 Å². The number of carbonyl (C=O) groups excluding carboxylic acids is 1. The first kappa shape index (κ1) is 16.4. The number of alkyl halides is 3. The summed E-state index contributed by atoms with van der Waals surface area (Å²) in [7, 11) is 0. The molecule has 0 radical (unpaired) electrons. The second-order valence-electron chi connectivity index (χ2n) is 4.56. The maximum absolute atomic E-state index is 12.2. The maximum atomic E-state index is 12.2. The third-order valence-corrected chi connectivity index (χ3v) is 2.84. The number of rotatable bonds is 2. The van der Waals surface area contributed by atoms with Crippen LogP contribution in [0.5, 0.6) is 0 Å². The van der Waals surface area contributed by atoms with Crippen molar-refractivity contribution in [2.45, 2.75) is 12.7 Å². The number of benzene rings is 1. The average molecular weight is 319 g/mol. The van der Waals surface area contributed by atoms with Gasteiger partial charge >= 0.3 is 12.1 Å². The Labute approximate surface area is 130 Å². The Morgan fingerprint density at radius 3 is 2.65 bits per heavy atom. The van der Waals surface area contributed by atoms with Gasteiger partial charge in [0.25, 0.3) is 0 Å². The van der Waals surface area contributed by atoms with Gasteiger partial charge in [0, 0.05) is 23.9 Å². The van der Waals surface area contributed by atoms with E-state index in [4.69, 9.17) is 5.73 Å². The number of amides is 1. The number of aromatic nitrogens is 1. The molecule has 2 rings (SSSR count). The second-order valence-corrected chi connectivity index (χ2v) is 4.56. The molecule has 0 bridgehead atoms. The van der Waals surface area contributed by atoms with Gasteiger partial charge in [-0.3, -0.25) is 4.79 Å². The fourth-order valence-corrected chi connectivity index (χ4v) is 1.74. The predicted molar refractivity (Wildman–Crippen MR) is 79.0 cm³/mol. The number of carbonyl (C=O) groups is 1. The molecule has 0 fully saturated rings. The molecule has 23 heavy (non-hydrogen) atoms. The van der Waals surface area contributed by atoms with E-state index in [1.165, 1.54) is 6.20 Å². The van der Waals surface area contributed by atoms with Crippen LogP contribution in [0.25, 0.3) is 0 Å². The third kappa shape index (κ3) is 4.74. The number of nitrogens with zero attached hydrogens (tertiary/aromatic N) is 1. The van der Waals surface area contributed by atoms with E-state index in [0.717, 1.165) is 0 Å². The Kier molecular flexibility index (Phi) is 4.86. The van der Waals surface area contributed by atoms with Gasteiger partial charge in [-0.05, 0) is 23.8 Å². The first-order chi connectivity index (χ1) is 10.9. The summed E-state index contributed by atoms with van der Waals surface area (Å²) in [6.07, 6.45) is -3.40. The highest BCUT2D eigenvalue weighted by molar-refractivity contribution is 5.81. The van der Waals surface area contributed by atoms with Crippen molar-refractivity contribution in [3.8, 4) is 11.8 Å². The van der Waals surface area contributed by atoms with Crippen LogP contribution in [0.4, 0.5) is 19.0 Å². The van der Waals surface area contributed by atoms with E-state index in [9.17, 15) is 18.0 Å². The topological polar surface area (TPSA) is 68.0 Å². The number of nitrogen functional groups attached to an aromatic ring is 1. The monoisotopic (exact) mass is 319 g/mol. The summed E-state index contributed by atoms with van der Waals surface area (Å²) in [4.78, 5) is 14.7.